The van der Waals surface area contributed by atoms with E-state index < -0.39 is 0 Å². The van der Waals surface area contributed by atoms with Gasteiger partial charge in [-0.3, -0.25) is 4.79 Å². The van der Waals surface area contributed by atoms with Crippen LogP contribution < -0.4 is 0 Å². The minimum atomic E-state index is -0.102. The van der Waals surface area contributed by atoms with E-state index >= 15 is 0 Å². The lowest BCUT2D eigenvalue weighted by Crippen LogP contribution is -2.04. The molecule has 0 unspecified atom stereocenters. The highest BCUT2D eigenvalue weighted by molar-refractivity contribution is 7.10. The molecule has 1 heterocycles. The van der Waals surface area contributed by atoms with Gasteiger partial charge in [0.25, 0.3) is 0 Å². The summed E-state index contributed by atoms with van der Waals surface area (Å²) >= 11 is 1.70. The van der Waals surface area contributed by atoms with Gasteiger partial charge >= 0.3 is 5.97 Å². The fourth-order valence-corrected chi connectivity index (χ4v) is 2.02. The summed E-state index contributed by atoms with van der Waals surface area (Å²) in [5, 5.41) is 2.05. The maximum absolute atomic E-state index is 11.0. The van der Waals surface area contributed by atoms with E-state index in [1.807, 2.05) is 6.92 Å². The number of rotatable bonds is 4. The SMILES string of the molecule is CCOC(=O)CCc1sccc1C. The molecule has 0 aromatic carbocycles. The lowest BCUT2D eigenvalue weighted by atomic mass is 10.2. The van der Waals surface area contributed by atoms with Crippen LogP contribution in [0, 0.1) is 6.92 Å². The molecule has 72 valence electrons. The van der Waals surface area contributed by atoms with Crippen LogP contribution in [0.5, 0.6) is 0 Å². The normalized spacial score (nSPS) is 10.0. The van der Waals surface area contributed by atoms with Crippen LogP contribution in [-0.4, -0.2) is 12.6 Å². The zero-order chi connectivity index (χ0) is 9.68. The number of ether oxygens (including phenoxy) is 1. The van der Waals surface area contributed by atoms with Crippen molar-refractivity contribution >= 4 is 17.3 Å². The summed E-state index contributed by atoms with van der Waals surface area (Å²) in [5.41, 5.74) is 1.27. The van der Waals surface area contributed by atoms with Crippen LogP contribution in [0.25, 0.3) is 0 Å². The minimum absolute atomic E-state index is 0.102. The number of hydrogen-bond acceptors (Lipinski definition) is 3. The Labute approximate surface area is 82.5 Å². The highest BCUT2D eigenvalue weighted by atomic mass is 32.1. The van der Waals surface area contributed by atoms with E-state index in [1.54, 1.807) is 11.3 Å². The summed E-state index contributed by atoms with van der Waals surface area (Å²) in [5.74, 6) is -0.102. The van der Waals surface area contributed by atoms with Gasteiger partial charge in [-0.2, -0.15) is 0 Å². The Kier molecular flexibility index (Phi) is 3.96. The van der Waals surface area contributed by atoms with Crippen molar-refractivity contribution < 1.29 is 9.53 Å². The second kappa shape index (κ2) is 5.02. The molecule has 0 fully saturated rings. The lowest BCUT2D eigenvalue weighted by Gasteiger charge is -2.00. The minimum Gasteiger partial charge on any atom is -0.466 e. The molecule has 0 bridgehead atoms. The number of aryl methyl sites for hydroxylation is 2. The number of esters is 1. The van der Waals surface area contributed by atoms with Crippen molar-refractivity contribution in [1.82, 2.24) is 0 Å². The Morgan fingerprint density at radius 2 is 2.38 bits per heavy atom. The van der Waals surface area contributed by atoms with Crippen molar-refractivity contribution in [2.45, 2.75) is 26.7 Å². The molecule has 0 N–H and O–H groups in total. The van der Waals surface area contributed by atoms with Gasteiger partial charge in [0, 0.05) is 4.88 Å². The zero-order valence-corrected chi connectivity index (χ0v) is 8.82. The van der Waals surface area contributed by atoms with Crippen molar-refractivity contribution in [3.8, 4) is 0 Å². The van der Waals surface area contributed by atoms with E-state index in [0.717, 1.165) is 6.42 Å². The molecule has 3 heteroatoms. The molecule has 0 saturated heterocycles. The molecule has 0 atom stereocenters. The van der Waals surface area contributed by atoms with E-state index in [4.69, 9.17) is 4.74 Å². The summed E-state index contributed by atoms with van der Waals surface area (Å²) < 4.78 is 4.85. The first-order valence-electron chi connectivity index (χ1n) is 4.42. The molecule has 0 aliphatic carbocycles. The molecule has 2 nitrogen and oxygen atoms in total. The van der Waals surface area contributed by atoms with Gasteiger partial charge in [0.1, 0.15) is 0 Å². The maximum atomic E-state index is 11.0. The smallest absolute Gasteiger partial charge is 0.306 e. The van der Waals surface area contributed by atoms with Gasteiger partial charge in [0.15, 0.2) is 0 Å². The lowest BCUT2D eigenvalue weighted by molar-refractivity contribution is -0.143. The number of carbonyl (C=O) groups excluding carboxylic acids is 1. The molecule has 1 aromatic rings. The maximum Gasteiger partial charge on any atom is 0.306 e. The van der Waals surface area contributed by atoms with E-state index in [-0.39, 0.29) is 5.97 Å². The summed E-state index contributed by atoms with van der Waals surface area (Å²) in [4.78, 5) is 12.3. The van der Waals surface area contributed by atoms with Gasteiger partial charge in [-0.05, 0) is 37.3 Å². The van der Waals surface area contributed by atoms with Gasteiger partial charge in [0.2, 0.25) is 0 Å². The summed E-state index contributed by atoms with van der Waals surface area (Å²) in [6.45, 7) is 4.37. The van der Waals surface area contributed by atoms with Crippen molar-refractivity contribution in [2.24, 2.45) is 0 Å². The molecule has 1 rings (SSSR count). The number of hydrogen-bond donors (Lipinski definition) is 0. The molecule has 0 amide bonds. The third kappa shape index (κ3) is 3.19. The van der Waals surface area contributed by atoms with Crippen LogP contribution in [0.1, 0.15) is 23.8 Å². The highest BCUT2D eigenvalue weighted by Crippen LogP contribution is 2.17. The largest absolute Gasteiger partial charge is 0.466 e. The summed E-state index contributed by atoms with van der Waals surface area (Å²) in [6.07, 6.45) is 1.30. The Hall–Kier alpha value is -0.830. The van der Waals surface area contributed by atoms with Gasteiger partial charge in [-0.15, -0.1) is 11.3 Å². The molecule has 0 radical (unpaired) electrons. The first-order chi connectivity index (χ1) is 6.24. The molecular weight excluding hydrogens is 184 g/mol. The Balaban J connectivity index is 2.35. The monoisotopic (exact) mass is 198 g/mol. The fourth-order valence-electron chi connectivity index (χ4n) is 1.11. The Morgan fingerprint density at radius 3 is 2.92 bits per heavy atom. The zero-order valence-electron chi connectivity index (χ0n) is 8.00. The van der Waals surface area contributed by atoms with Crippen LogP contribution in [0.4, 0.5) is 0 Å². The summed E-state index contributed by atoms with van der Waals surface area (Å²) in [6, 6.07) is 2.07. The molecule has 0 aliphatic heterocycles. The van der Waals surface area contributed by atoms with E-state index in [2.05, 4.69) is 18.4 Å². The fraction of sp³-hybridized carbons (Fsp3) is 0.500. The third-order valence-corrected chi connectivity index (χ3v) is 2.91. The molecule has 1 aromatic heterocycles. The van der Waals surface area contributed by atoms with Crippen LogP contribution in [-0.2, 0) is 16.0 Å². The second-order valence-corrected chi connectivity index (χ2v) is 3.83. The van der Waals surface area contributed by atoms with Crippen LogP contribution in [0.3, 0.4) is 0 Å². The van der Waals surface area contributed by atoms with Crippen molar-refractivity contribution in [3.05, 3.63) is 21.9 Å². The van der Waals surface area contributed by atoms with Gasteiger partial charge in [0.05, 0.1) is 13.0 Å². The first-order valence-corrected chi connectivity index (χ1v) is 5.30. The molecule has 0 aliphatic rings. The van der Waals surface area contributed by atoms with E-state index in [0.29, 0.717) is 13.0 Å². The van der Waals surface area contributed by atoms with Crippen molar-refractivity contribution in [2.75, 3.05) is 6.61 Å². The van der Waals surface area contributed by atoms with E-state index in [9.17, 15) is 4.79 Å². The Morgan fingerprint density at radius 1 is 1.62 bits per heavy atom. The Bertz CT molecular complexity index is 278. The molecule has 13 heavy (non-hydrogen) atoms. The van der Waals surface area contributed by atoms with Gasteiger partial charge < -0.3 is 4.74 Å². The highest BCUT2D eigenvalue weighted by Gasteiger charge is 2.04. The topological polar surface area (TPSA) is 26.3 Å². The van der Waals surface area contributed by atoms with Gasteiger partial charge in [-0.1, -0.05) is 0 Å². The van der Waals surface area contributed by atoms with E-state index in [1.165, 1.54) is 10.4 Å². The van der Waals surface area contributed by atoms with Crippen LogP contribution in [0.2, 0.25) is 0 Å². The second-order valence-electron chi connectivity index (χ2n) is 2.83. The average Bonchev–Trinajstić information content (AvgIpc) is 2.48. The van der Waals surface area contributed by atoms with Crippen molar-refractivity contribution in [1.29, 1.82) is 0 Å². The predicted molar refractivity (Wildman–Crippen MR) is 54.0 cm³/mol. The first kappa shape index (κ1) is 10.3. The summed E-state index contributed by atoms with van der Waals surface area (Å²) in [7, 11) is 0. The number of thiophene rings is 1. The number of carbonyl (C=O) groups is 1. The molecule has 0 saturated carbocycles. The van der Waals surface area contributed by atoms with Crippen LogP contribution in [0.15, 0.2) is 11.4 Å². The van der Waals surface area contributed by atoms with Crippen molar-refractivity contribution in [3.63, 3.8) is 0 Å². The quantitative estimate of drug-likeness (QED) is 0.695. The third-order valence-electron chi connectivity index (χ3n) is 1.83. The van der Waals surface area contributed by atoms with Gasteiger partial charge in [-0.25, -0.2) is 0 Å². The standard InChI is InChI=1S/C10H14O2S/c1-3-12-10(11)5-4-9-8(2)6-7-13-9/h6-7H,3-5H2,1-2H3. The molecular formula is C10H14O2S. The predicted octanol–water partition coefficient (Wildman–Crippen LogP) is 2.55. The average molecular weight is 198 g/mol. The molecule has 0 spiro atoms. The van der Waals surface area contributed by atoms with Crippen LogP contribution >= 0.6 is 11.3 Å².